The first-order valence-electron chi connectivity index (χ1n) is 6.68. The quantitative estimate of drug-likeness (QED) is 0.844. The molecule has 0 aromatic heterocycles. The Morgan fingerprint density at radius 1 is 1.22 bits per heavy atom. The maximum absolute atomic E-state index is 13.2. The first kappa shape index (κ1) is 13.5. The van der Waals surface area contributed by atoms with Crippen LogP contribution >= 0.6 is 0 Å². The Bertz CT molecular complexity index is 411. The van der Waals surface area contributed by atoms with Gasteiger partial charge in [0.15, 0.2) is 11.6 Å². The molecule has 0 atom stereocenters. The van der Waals surface area contributed by atoms with Crippen molar-refractivity contribution < 1.29 is 8.78 Å². The molecule has 18 heavy (non-hydrogen) atoms. The van der Waals surface area contributed by atoms with Crippen molar-refractivity contribution in [2.75, 3.05) is 6.54 Å². The van der Waals surface area contributed by atoms with Crippen LogP contribution in [0.25, 0.3) is 0 Å². The normalized spacial score (nSPS) is 17.8. The fourth-order valence-corrected chi connectivity index (χ4v) is 2.60. The summed E-state index contributed by atoms with van der Waals surface area (Å²) in [5, 5.41) is 3.47. The maximum Gasteiger partial charge on any atom is 0.159 e. The first-order chi connectivity index (χ1) is 8.51. The highest BCUT2D eigenvalue weighted by Crippen LogP contribution is 2.43. The molecule has 1 aromatic carbocycles. The van der Waals surface area contributed by atoms with E-state index in [4.69, 9.17) is 0 Å². The monoisotopic (exact) mass is 253 g/mol. The lowest BCUT2D eigenvalue weighted by Gasteiger charge is -2.43. The predicted octanol–water partition coefficient (Wildman–Crippen LogP) is 3.68. The molecule has 100 valence electrons. The van der Waals surface area contributed by atoms with Crippen LogP contribution in [0.1, 0.15) is 38.7 Å². The van der Waals surface area contributed by atoms with Crippen molar-refractivity contribution in [1.29, 1.82) is 0 Å². The molecule has 0 radical (unpaired) electrons. The van der Waals surface area contributed by atoms with Crippen LogP contribution in [0.4, 0.5) is 8.78 Å². The lowest BCUT2D eigenvalue weighted by atomic mass is 9.65. The number of hydrogen-bond acceptors (Lipinski definition) is 1. The summed E-state index contributed by atoms with van der Waals surface area (Å²) in [6.07, 6.45) is 4.42. The van der Waals surface area contributed by atoms with Gasteiger partial charge in [-0.2, -0.15) is 0 Å². The minimum Gasteiger partial charge on any atom is -0.314 e. The highest BCUT2D eigenvalue weighted by Gasteiger charge is 2.36. The zero-order valence-corrected chi connectivity index (χ0v) is 11.1. The molecule has 0 spiro atoms. The summed E-state index contributed by atoms with van der Waals surface area (Å²) in [5.74, 6) is -1.50. The lowest BCUT2D eigenvalue weighted by molar-refractivity contribution is 0.126. The van der Waals surface area contributed by atoms with Gasteiger partial charge < -0.3 is 5.32 Å². The van der Waals surface area contributed by atoms with Gasteiger partial charge >= 0.3 is 0 Å². The molecule has 3 heteroatoms. The van der Waals surface area contributed by atoms with Crippen molar-refractivity contribution in [3.8, 4) is 0 Å². The van der Waals surface area contributed by atoms with Gasteiger partial charge in [0.05, 0.1) is 0 Å². The molecule has 0 bridgehead atoms. The van der Waals surface area contributed by atoms with Crippen molar-refractivity contribution in [2.45, 2.75) is 45.6 Å². The third kappa shape index (κ3) is 3.08. The maximum atomic E-state index is 13.2. The van der Waals surface area contributed by atoms with Crippen molar-refractivity contribution in [3.05, 3.63) is 35.4 Å². The van der Waals surface area contributed by atoms with E-state index in [-0.39, 0.29) is 5.41 Å². The fraction of sp³-hybridized carbons (Fsp3) is 0.600. The lowest BCUT2D eigenvalue weighted by Crippen LogP contribution is -2.43. The van der Waals surface area contributed by atoms with Crippen molar-refractivity contribution in [3.63, 3.8) is 0 Å². The van der Waals surface area contributed by atoms with Crippen molar-refractivity contribution in [2.24, 2.45) is 5.41 Å². The SMILES string of the molecule is CC(C)NCC1(Cc2ccc(F)c(F)c2)CCC1. The Morgan fingerprint density at radius 2 is 1.94 bits per heavy atom. The van der Waals surface area contributed by atoms with E-state index in [1.165, 1.54) is 31.4 Å². The summed E-state index contributed by atoms with van der Waals surface area (Å²) >= 11 is 0. The number of halogens is 2. The second kappa shape index (κ2) is 5.35. The molecule has 0 aliphatic heterocycles. The summed E-state index contributed by atoms with van der Waals surface area (Å²) in [6, 6.07) is 4.73. The highest BCUT2D eigenvalue weighted by molar-refractivity contribution is 5.20. The van der Waals surface area contributed by atoms with Crippen LogP contribution in [0.3, 0.4) is 0 Å². The molecular weight excluding hydrogens is 232 g/mol. The average Bonchev–Trinajstić information content (AvgIpc) is 2.26. The molecule has 1 saturated carbocycles. The minimum absolute atomic E-state index is 0.245. The predicted molar refractivity (Wildman–Crippen MR) is 69.5 cm³/mol. The molecular formula is C15H21F2N. The van der Waals surface area contributed by atoms with Crippen molar-refractivity contribution in [1.82, 2.24) is 5.32 Å². The standard InChI is InChI=1S/C15H21F2N/c1-11(2)18-10-15(6-3-7-15)9-12-4-5-13(16)14(17)8-12/h4-5,8,11,18H,3,6-7,9-10H2,1-2H3. The molecule has 2 rings (SSSR count). The van der Waals surface area contributed by atoms with Crippen LogP contribution in [0, 0.1) is 17.0 Å². The molecule has 1 nitrogen and oxygen atoms in total. The molecule has 0 saturated heterocycles. The molecule has 1 aromatic rings. The van der Waals surface area contributed by atoms with Gasteiger partial charge in [0.1, 0.15) is 0 Å². The van der Waals surface area contributed by atoms with Crippen LogP contribution in [0.2, 0.25) is 0 Å². The Morgan fingerprint density at radius 3 is 2.44 bits per heavy atom. The third-order valence-corrected chi connectivity index (χ3v) is 3.86. The van der Waals surface area contributed by atoms with E-state index >= 15 is 0 Å². The molecule has 1 fully saturated rings. The zero-order chi connectivity index (χ0) is 13.2. The summed E-state index contributed by atoms with van der Waals surface area (Å²) in [6.45, 7) is 5.22. The van der Waals surface area contributed by atoms with Gasteiger partial charge in [-0.3, -0.25) is 0 Å². The van der Waals surface area contributed by atoms with Crippen LogP contribution < -0.4 is 5.32 Å². The van der Waals surface area contributed by atoms with Gasteiger partial charge in [0.25, 0.3) is 0 Å². The van der Waals surface area contributed by atoms with Crippen molar-refractivity contribution >= 4 is 0 Å². The molecule has 1 N–H and O–H groups in total. The fourth-order valence-electron chi connectivity index (χ4n) is 2.60. The van der Waals surface area contributed by atoms with E-state index in [2.05, 4.69) is 19.2 Å². The van der Waals surface area contributed by atoms with E-state index in [1.807, 2.05) is 0 Å². The Kier molecular flexibility index (Phi) is 4.00. The Hall–Kier alpha value is -0.960. The van der Waals surface area contributed by atoms with Crippen LogP contribution in [0.5, 0.6) is 0 Å². The number of benzene rings is 1. The Balaban J connectivity index is 2.03. The second-order valence-electron chi connectivity index (χ2n) is 5.81. The molecule has 0 amide bonds. The van der Waals surface area contributed by atoms with Gasteiger partial charge in [-0.1, -0.05) is 26.3 Å². The Labute approximate surface area is 108 Å². The van der Waals surface area contributed by atoms with E-state index in [9.17, 15) is 8.78 Å². The van der Waals surface area contributed by atoms with Crippen LogP contribution in [-0.2, 0) is 6.42 Å². The number of rotatable bonds is 5. The van der Waals surface area contributed by atoms with E-state index in [1.54, 1.807) is 6.07 Å². The van der Waals surface area contributed by atoms with E-state index < -0.39 is 11.6 Å². The number of nitrogens with one attached hydrogen (secondary N) is 1. The van der Waals surface area contributed by atoms with Gasteiger partial charge in [-0.05, 0) is 42.4 Å². The summed E-state index contributed by atoms with van der Waals surface area (Å²) in [5.41, 5.74) is 1.15. The van der Waals surface area contributed by atoms with Gasteiger partial charge in [-0.15, -0.1) is 0 Å². The number of hydrogen-bond donors (Lipinski definition) is 1. The topological polar surface area (TPSA) is 12.0 Å². The molecule has 0 heterocycles. The van der Waals surface area contributed by atoms with Gasteiger partial charge in [-0.25, -0.2) is 8.78 Å². The largest absolute Gasteiger partial charge is 0.314 e. The third-order valence-electron chi connectivity index (χ3n) is 3.86. The summed E-state index contributed by atoms with van der Waals surface area (Å²) < 4.78 is 26.1. The van der Waals surface area contributed by atoms with E-state index in [0.29, 0.717) is 6.04 Å². The molecule has 1 aliphatic carbocycles. The molecule has 1 aliphatic rings. The first-order valence-corrected chi connectivity index (χ1v) is 6.68. The van der Waals surface area contributed by atoms with Gasteiger partial charge in [0.2, 0.25) is 0 Å². The second-order valence-corrected chi connectivity index (χ2v) is 5.81. The zero-order valence-electron chi connectivity index (χ0n) is 11.1. The highest BCUT2D eigenvalue weighted by atomic mass is 19.2. The van der Waals surface area contributed by atoms with Crippen LogP contribution in [0.15, 0.2) is 18.2 Å². The summed E-state index contributed by atoms with van der Waals surface area (Å²) in [4.78, 5) is 0. The van der Waals surface area contributed by atoms with Gasteiger partial charge in [0, 0.05) is 12.6 Å². The minimum atomic E-state index is -0.762. The smallest absolute Gasteiger partial charge is 0.159 e. The summed E-state index contributed by atoms with van der Waals surface area (Å²) in [7, 11) is 0. The van der Waals surface area contributed by atoms with Crippen LogP contribution in [-0.4, -0.2) is 12.6 Å². The average molecular weight is 253 g/mol. The molecule has 0 unspecified atom stereocenters. The van der Waals surface area contributed by atoms with E-state index in [0.717, 1.165) is 18.5 Å².